The first-order valence-electron chi connectivity index (χ1n) is 5.18. The average molecular weight is 300 g/mol. The maximum atomic E-state index is 12.9. The van der Waals surface area contributed by atoms with E-state index in [2.05, 4.69) is 14.7 Å². The Labute approximate surface area is 116 Å². The molecule has 2 aromatic rings. The number of halogens is 4. The predicted molar refractivity (Wildman–Crippen MR) is 63.8 cm³/mol. The fraction of sp³-hybridized carbons (Fsp3) is 0.0833. The zero-order valence-corrected chi connectivity index (χ0v) is 10.4. The van der Waals surface area contributed by atoms with Crippen molar-refractivity contribution in [1.82, 2.24) is 9.97 Å². The number of rotatable bonds is 3. The van der Waals surface area contributed by atoms with E-state index in [1.807, 2.05) is 0 Å². The lowest BCUT2D eigenvalue weighted by atomic mass is 10.1. The van der Waals surface area contributed by atoms with Crippen LogP contribution in [0.2, 0.25) is 5.02 Å². The van der Waals surface area contributed by atoms with Crippen molar-refractivity contribution in [3.63, 3.8) is 0 Å². The minimum absolute atomic E-state index is 0.0608. The van der Waals surface area contributed by atoms with E-state index >= 15 is 0 Å². The number of aromatic nitrogens is 2. The van der Waals surface area contributed by atoms with Crippen molar-refractivity contribution in [2.24, 2.45) is 0 Å². The lowest BCUT2D eigenvalue weighted by Crippen LogP contribution is -2.07. The second-order valence-corrected chi connectivity index (χ2v) is 3.93. The van der Waals surface area contributed by atoms with Gasteiger partial charge in [-0.05, 0) is 18.2 Å². The Kier molecular flexibility index (Phi) is 4.05. The van der Waals surface area contributed by atoms with E-state index in [1.165, 1.54) is 6.07 Å². The van der Waals surface area contributed by atoms with Gasteiger partial charge in [0.05, 0.1) is 16.9 Å². The molecule has 2 rings (SSSR count). The van der Waals surface area contributed by atoms with Crippen molar-refractivity contribution in [2.45, 2.75) is 6.61 Å². The number of nitriles is 1. The Balaban J connectivity index is 2.46. The van der Waals surface area contributed by atoms with Gasteiger partial charge in [0.1, 0.15) is 11.9 Å². The van der Waals surface area contributed by atoms with Crippen LogP contribution >= 0.6 is 11.6 Å². The molecule has 0 atom stereocenters. The van der Waals surface area contributed by atoms with Gasteiger partial charge in [-0.2, -0.15) is 14.0 Å². The van der Waals surface area contributed by atoms with Crippen molar-refractivity contribution in [1.29, 1.82) is 5.26 Å². The lowest BCUT2D eigenvalue weighted by molar-refractivity contribution is -0.0533. The van der Waals surface area contributed by atoms with Crippen molar-refractivity contribution < 1.29 is 17.9 Å². The predicted octanol–water partition coefficient (Wildman–Crippen LogP) is 3.41. The molecule has 0 amide bonds. The number of benzene rings is 1. The Bertz CT molecular complexity index is 688. The summed E-state index contributed by atoms with van der Waals surface area (Å²) in [4.78, 5) is 7.41. The van der Waals surface area contributed by atoms with Crippen LogP contribution in [-0.2, 0) is 0 Å². The van der Waals surface area contributed by atoms with Crippen LogP contribution in [0.5, 0.6) is 5.88 Å². The third-order valence-corrected chi connectivity index (χ3v) is 2.57. The molecule has 0 aliphatic heterocycles. The lowest BCUT2D eigenvalue weighted by Gasteiger charge is -2.07. The third kappa shape index (κ3) is 2.97. The van der Waals surface area contributed by atoms with Crippen molar-refractivity contribution in [3.8, 4) is 23.2 Å². The van der Waals surface area contributed by atoms with Gasteiger partial charge in [0, 0.05) is 5.56 Å². The fourth-order valence-corrected chi connectivity index (χ4v) is 1.71. The standard InChI is InChI=1S/C12H5ClF3N3O/c13-8-3-6(14)1-2-7(8)10-5-18-11(20-12(15)16)9(4-17)19-10/h1-3,5,12H. The second kappa shape index (κ2) is 5.75. The second-order valence-electron chi connectivity index (χ2n) is 3.52. The van der Waals surface area contributed by atoms with Gasteiger partial charge in [-0.3, -0.25) is 0 Å². The van der Waals surface area contributed by atoms with E-state index < -0.39 is 24.0 Å². The van der Waals surface area contributed by atoms with Gasteiger partial charge >= 0.3 is 6.61 Å². The minimum atomic E-state index is -3.11. The SMILES string of the molecule is N#Cc1nc(-c2ccc(F)cc2Cl)cnc1OC(F)F. The molecule has 1 aromatic carbocycles. The normalized spacial score (nSPS) is 10.4. The fourth-order valence-electron chi connectivity index (χ4n) is 1.45. The topological polar surface area (TPSA) is 58.8 Å². The first-order valence-corrected chi connectivity index (χ1v) is 5.56. The van der Waals surface area contributed by atoms with Gasteiger partial charge in [0.15, 0.2) is 0 Å². The third-order valence-electron chi connectivity index (χ3n) is 2.25. The molecular formula is C12H5ClF3N3O. The molecule has 0 N–H and O–H groups in total. The monoisotopic (exact) mass is 299 g/mol. The van der Waals surface area contributed by atoms with E-state index in [1.54, 1.807) is 6.07 Å². The van der Waals surface area contributed by atoms with Crippen LogP contribution in [-0.4, -0.2) is 16.6 Å². The van der Waals surface area contributed by atoms with Crippen LogP contribution in [0.4, 0.5) is 13.2 Å². The Morgan fingerprint density at radius 1 is 1.35 bits per heavy atom. The zero-order chi connectivity index (χ0) is 14.7. The molecule has 0 fully saturated rings. The summed E-state index contributed by atoms with van der Waals surface area (Å²) in [5, 5.41) is 8.91. The van der Waals surface area contributed by atoms with Crippen LogP contribution in [0, 0.1) is 17.1 Å². The molecule has 0 saturated carbocycles. The Morgan fingerprint density at radius 2 is 2.10 bits per heavy atom. The highest BCUT2D eigenvalue weighted by atomic mass is 35.5. The number of hydrogen-bond donors (Lipinski definition) is 0. The molecule has 0 radical (unpaired) electrons. The van der Waals surface area contributed by atoms with Gasteiger partial charge in [0.2, 0.25) is 5.69 Å². The summed E-state index contributed by atoms with van der Waals surface area (Å²) >= 11 is 5.84. The van der Waals surface area contributed by atoms with E-state index in [0.29, 0.717) is 5.56 Å². The molecule has 4 nitrogen and oxygen atoms in total. The molecule has 1 heterocycles. The van der Waals surface area contributed by atoms with E-state index in [9.17, 15) is 13.2 Å². The maximum absolute atomic E-state index is 12.9. The Hall–Kier alpha value is -2.33. The van der Waals surface area contributed by atoms with Crippen LogP contribution < -0.4 is 4.74 Å². The zero-order valence-electron chi connectivity index (χ0n) is 9.65. The number of hydrogen-bond acceptors (Lipinski definition) is 4. The number of nitrogens with zero attached hydrogens (tertiary/aromatic N) is 3. The van der Waals surface area contributed by atoms with Gasteiger partial charge in [-0.1, -0.05) is 11.6 Å². The van der Waals surface area contributed by atoms with Gasteiger partial charge in [0.25, 0.3) is 5.88 Å². The van der Waals surface area contributed by atoms with Gasteiger partial charge < -0.3 is 4.74 Å². The van der Waals surface area contributed by atoms with Crippen molar-refractivity contribution in [2.75, 3.05) is 0 Å². The smallest absolute Gasteiger partial charge is 0.388 e. The largest absolute Gasteiger partial charge is 0.414 e. The summed E-state index contributed by atoms with van der Waals surface area (Å²) < 4.78 is 41.2. The molecule has 8 heteroatoms. The highest BCUT2D eigenvalue weighted by Gasteiger charge is 2.15. The molecule has 0 spiro atoms. The molecule has 1 aromatic heterocycles. The van der Waals surface area contributed by atoms with Crippen LogP contribution in [0.1, 0.15) is 5.69 Å². The van der Waals surface area contributed by atoms with Crippen molar-refractivity contribution >= 4 is 11.6 Å². The molecule has 0 aliphatic carbocycles. The summed E-state index contributed by atoms with van der Waals surface area (Å²) in [5.41, 5.74) is 0.0528. The highest BCUT2D eigenvalue weighted by molar-refractivity contribution is 6.33. The number of ether oxygens (including phenoxy) is 1. The van der Waals surface area contributed by atoms with Crippen molar-refractivity contribution in [3.05, 3.63) is 40.9 Å². The van der Waals surface area contributed by atoms with E-state index in [0.717, 1.165) is 18.3 Å². The molecule has 20 heavy (non-hydrogen) atoms. The minimum Gasteiger partial charge on any atom is -0.414 e. The summed E-state index contributed by atoms with van der Waals surface area (Å²) in [6.07, 6.45) is 1.11. The molecule has 0 saturated heterocycles. The first-order chi connectivity index (χ1) is 9.51. The van der Waals surface area contributed by atoms with Crippen LogP contribution in [0.25, 0.3) is 11.3 Å². The first kappa shape index (κ1) is 14.1. The van der Waals surface area contributed by atoms with Crippen LogP contribution in [0.15, 0.2) is 24.4 Å². The van der Waals surface area contributed by atoms with Crippen LogP contribution in [0.3, 0.4) is 0 Å². The molecule has 0 bridgehead atoms. The quantitative estimate of drug-likeness (QED) is 0.871. The molecule has 102 valence electrons. The summed E-state index contributed by atoms with van der Waals surface area (Å²) in [7, 11) is 0. The summed E-state index contributed by atoms with van der Waals surface area (Å²) in [5.74, 6) is -1.12. The molecule has 0 aliphatic rings. The summed E-state index contributed by atoms with van der Waals surface area (Å²) in [6, 6.07) is 5.15. The van der Waals surface area contributed by atoms with E-state index in [4.69, 9.17) is 16.9 Å². The Morgan fingerprint density at radius 3 is 2.70 bits per heavy atom. The number of alkyl halides is 2. The summed E-state index contributed by atoms with van der Waals surface area (Å²) in [6.45, 7) is -3.11. The average Bonchev–Trinajstić information content (AvgIpc) is 2.39. The van der Waals surface area contributed by atoms with E-state index in [-0.39, 0.29) is 10.7 Å². The highest BCUT2D eigenvalue weighted by Crippen LogP contribution is 2.28. The maximum Gasteiger partial charge on any atom is 0.388 e. The molecular weight excluding hydrogens is 295 g/mol. The molecule has 0 unspecified atom stereocenters. The van der Waals surface area contributed by atoms with Gasteiger partial charge in [-0.25, -0.2) is 14.4 Å². The van der Waals surface area contributed by atoms with Gasteiger partial charge in [-0.15, -0.1) is 0 Å².